The van der Waals surface area contributed by atoms with Crippen molar-refractivity contribution in [3.63, 3.8) is 0 Å². The second-order valence-corrected chi connectivity index (χ2v) is 9.32. The summed E-state index contributed by atoms with van der Waals surface area (Å²) in [7, 11) is 0.968. The van der Waals surface area contributed by atoms with E-state index < -0.39 is 47.3 Å². The molecule has 1 atom stereocenters. The second kappa shape index (κ2) is 10.5. The number of rotatable bonds is 8. The van der Waals surface area contributed by atoms with Crippen LogP contribution in [0.25, 0.3) is 25.1 Å². The molecule has 0 saturated heterocycles. The largest absolute Gasteiger partial charge is 1.00 e. The summed E-state index contributed by atoms with van der Waals surface area (Å²) in [5.74, 6) is -4.33. The highest BCUT2D eigenvalue weighted by Crippen LogP contribution is 2.49. The molecule has 34 heavy (non-hydrogen) atoms. The number of hydrogen-bond acceptors (Lipinski definition) is 5. The first kappa shape index (κ1) is 25.0. The number of esters is 1. The number of hydrogen-bond donors (Lipinski definition) is 2. The number of methoxy groups -OCH3 is 1. The van der Waals surface area contributed by atoms with Crippen LogP contribution in [0.15, 0.2) is 66.7 Å². The van der Waals surface area contributed by atoms with Crippen LogP contribution >= 0.6 is 10.5 Å². The van der Waals surface area contributed by atoms with E-state index in [1.807, 2.05) is 30.3 Å². The van der Waals surface area contributed by atoms with Crippen molar-refractivity contribution in [3.05, 3.63) is 72.3 Å². The Morgan fingerprint density at radius 2 is 1.47 bits per heavy atom. The average molecular weight is 501 g/mol. The minimum absolute atomic E-state index is 0. The molecule has 0 radical (unpaired) electrons. The van der Waals surface area contributed by atoms with Crippen LogP contribution in [0.5, 0.6) is 5.75 Å². The maximum absolute atomic E-state index is 12.7. The Morgan fingerprint density at radius 1 is 0.882 bits per heavy atom. The van der Waals surface area contributed by atoms with Crippen LogP contribution in [0.3, 0.4) is 0 Å². The minimum atomic E-state index is -1.32. The lowest BCUT2D eigenvalue weighted by Crippen LogP contribution is -3.00. The Kier molecular flexibility index (Phi) is 7.75. The SMILES string of the molecule is COc1ccc(-[s+]2c3ccccc3c3ccccc32)cc1C(CC(=O)O)C(=O)OCC(=O)O.[Cl-]. The van der Waals surface area contributed by atoms with Gasteiger partial charge in [-0.25, -0.2) is 4.79 Å². The Balaban J connectivity index is 0.00000324. The van der Waals surface area contributed by atoms with E-state index >= 15 is 0 Å². The van der Waals surface area contributed by atoms with Gasteiger partial charge in [-0.3, -0.25) is 9.59 Å². The molecule has 176 valence electrons. The molecular weight excluding hydrogens is 480 g/mol. The van der Waals surface area contributed by atoms with Gasteiger partial charge in [-0.15, -0.1) is 0 Å². The number of benzene rings is 3. The molecule has 4 rings (SSSR count). The standard InChI is InChI=1S/C25H20O7S.ClH/c1-31-20-11-10-15(12-18(20)19(13-23(26)27)25(30)32-14-24(28)29)33-21-8-4-2-6-16(21)17-7-3-5-9-22(17)33;/h2-12,19H,13-14H2,1H3,(H-,26,27,28,29);1H. The molecule has 3 aromatic carbocycles. The lowest BCUT2D eigenvalue weighted by Gasteiger charge is -2.17. The van der Waals surface area contributed by atoms with Gasteiger partial charge in [-0.05, 0) is 30.3 Å². The first-order valence-corrected chi connectivity index (χ1v) is 11.3. The molecule has 0 bridgehead atoms. The van der Waals surface area contributed by atoms with Crippen LogP contribution < -0.4 is 17.1 Å². The lowest BCUT2D eigenvalue weighted by atomic mass is 9.95. The van der Waals surface area contributed by atoms with Gasteiger partial charge in [-0.1, -0.05) is 24.3 Å². The van der Waals surface area contributed by atoms with Crippen molar-refractivity contribution in [2.45, 2.75) is 12.3 Å². The fourth-order valence-electron chi connectivity index (χ4n) is 3.95. The maximum Gasteiger partial charge on any atom is 0.341 e. The fourth-order valence-corrected chi connectivity index (χ4v) is 6.37. The molecule has 0 saturated carbocycles. The minimum Gasteiger partial charge on any atom is -1.00 e. The molecule has 7 nitrogen and oxygen atoms in total. The van der Waals surface area contributed by atoms with E-state index in [1.165, 1.54) is 7.11 Å². The number of ether oxygens (including phenoxy) is 2. The Bertz CT molecular complexity index is 1330. The van der Waals surface area contributed by atoms with E-state index in [2.05, 4.69) is 24.3 Å². The predicted molar refractivity (Wildman–Crippen MR) is 125 cm³/mol. The maximum atomic E-state index is 12.7. The zero-order chi connectivity index (χ0) is 23.5. The van der Waals surface area contributed by atoms with Crippen LogP contribution in [-0.4, -0.2) is 41.8 Å². The van der Waals surface area contributed by atoms with E-state index in [0.29, 0.717) is 11.3 Å². The summed E-state index contributed by atoms with van der Waals surface area (Å²) in [5.41, 5.74) is 0.349. The number of thiophene rings is 1. The van der Waals surface area contributed by atoms with Crippen molar-refractivity contribution in [1.29, 1.82) is 0 Å². The quantitative estimate of drug-likeness (QED) is 0.281. The van der Waals surface area contributed by atoms with Crippen LogP contribution in [0.2, 0.25) is 0 Å². The molecule has 0 amide bonds. The summed E-state index contributed by atoms with van der Waals surface area (Å²) >= 11 is 0. The van der Waals surface area contributed by atoms with Gasteiger partial charge in [0.05, 0.1) is 19.4 Å². The molecule has 1 heterocycles. The Labute approximate surface area is 203 Å². The highest BCUT2D eigenvalue weighted by Gasteiger charge is 2.31. The van der Waals surface area contributed by atoms with Gasteiger partial charge in [0.1, 0.15) is 5.75 Å². The van der Waals surface area contributed by atoms with E-state index in [-0.39, 0.29) is 12.4 Å². The Hall–Kier alpha value is -3.62. The molecule has 9 heteroatoms. The smallest absolute Gasteiger partial charge is 0.341 e. The number of halogens is 1. The summed E-state index contributed by atoms with van der Waals surface area (Å²) in [6.07, 6.45) is -0.556. The highest BCUT2D eigenvalue weighted by molar-refractivity contribution is 7.50. The third-order valence-corrected chi connectivity index (χ3v) is 7.63. The van der Waals surface area contributed by atoms with Crippen molar-refractivity contribution in [2.24, 2.45) is 0 Å². The van der Waals surface area contributed by atoms with E-state index in [0.717, 1.165) is 25.1 Å². The summed E-state index contributed by atoms with van der Waals surface area (Å²) in [4.78, 5) is 36.0. The van der Waals surface area contributed by atoms with Gasteiger partial charge in [0.15, 0.2) is 20.9 Å². The van der Waals surface area contributed by atoms with Crippen LogP contribution in [0.1, 0.15) is 17.9 Å². The lowest BCUT2D eigenvalue weighted by molar-refractivity contribution is -0.157. The Morgan fingerprint density at radius 3 is 2.00 bits per heavy atom. The van der Waals surface area contributed by atoms with Gasteiger partial charge in [0, 0.05) is 38.9 Å². The van der Waals surface area contributed by atoms with Gasteiger partial charge < -0.3 is 32.1 Å². The summed E-state index contributed by atoms with van der Waals surface area (Å²) < 4.78 is 12.5. The fraction of sp³-hybridized carbons (Fsp3) is 0.160. The molecular formula is C25H21ClO7S. The molecule has 0 aliphatic heterocycles. The molecule has 1 unspecified atom stereocenters. The van der Waals surface area contributed by atoms with Crippen molar-refractivity contribution in [2.75, 3.05) is 13.7 Å². The van der Waals surface area contributed by atoms with Crippen molar-refractivity contribution < 1.29 is 46.5 Å². The summed E-state index contributed by atoms with van der Waals surface area (Å²) in [6, 6.07) is 21.6. The molecule has 0 aliphatic carbocycles. The van der Waals surface area contributed by atoms with Crippen molar-refractivity contribution in [1.82, 2.24) is 0 Å². The number of fused-ring (bicyclic) bond motifs is 3. The van der Waals surface area contributed by atoms with Gasteiger partial charge in [-0.2, -0.15) is 0 Å². The van der Waals surface area contributed by atoms with E-state index in [1.54, 1.807) is 12.1 Å². The number of carbonyl (C=O) groups excluding carboxylic acids is 1. The molecule has 2 N–H and O–H groups in total. The third-order valence-electron chi connectivity index (χ3n) is 5.32. The molecule has 4 aromatic rings. The number of aliphatic carboxylic acids is 2. The van der Waals surface area contributed by atoms with Crippen molar-refractivity contribution in [3.8, 4) is 10.6 Å². The highest BCUT2D eigenvalue weighted by atomic mass is 35.5. The topological polar surface area (TPSA) is 110 Å². The van der Waals surface area contributed by atoms with Crippen LogP contribution in [-0.2, 0) is 19.1 Å². The van der Waals surface area contributed by atoms with Crippen LogP contribution in [0, 0.1) is 0 Å². The van der Waals surface area contributed by atoms with E-state index in [4.69, 9.17) is 14.6 Å². The van der Waals surface area contributed by atoms with Crippen molar-refractivity contribution >= 4 is 48.6 Å². The van der Waals surface area contributed by atoms with E-state index in [9.17, 15) is 19.5 Å². The summed E-state index contributed by atoms with van der Waals surface area (Å²) in [6.45, 7) is -0.845. The zero-order valence-electron chi connectivity index (χ0n) is 18.1. The van der Waals surface area contributed by atoms with Crippen LogP contribution in [0.4, 0.5) is 0 Å². The average Bonchev–Trinajstić information content (AvgIpc) is 3.15. The molecule has 0 fully saturated rings. The molecule has 1 aromatic heterocycles. The second-order valence-electron chi connectivity index (χ2n) is 7.35. The number of carboxylic acids is 2. The molecule has 0 aliphatic rings. The third kappa shape index (κ3) is 4.83. The molecule has 0 spiro atoms. The van der Waals surface area contributed by atoms with Gasteiger partial charge in [0.2, 0.25) is 0 Å². The zero-order valence-corrected chi connectivity index (χ0v) is 19.6. The first-order chi connectivity index (χ1) is 15.9. The summed E-state index contributed by atoms with van der Waals surface area (Å²) in [5, 5.41) is 20.5. The number of carbonyl (C=O) groups is 3. The normalized spacial score (nSPS) is 11.6. The predicted octanol–water partition coefficient (Wildman–Crippen LogP) is 1.93. The van der Waals surface area contributed by atoms with Gasteiger partial charge in [0.25, 0.3) is 0 Å². The first-order valence-electron chi connectivity index (χ1n) is 10.1. The monoisotopic (exact) mass is 500 g/mol. The number of carboxylic acid groups (broad SMARTS) is 2. The van der Waals surface area contributed by atoms with Gasteiger partial charge >= 0.3 is 17.9 Å².